The third kappa shape index (κ3) is 3.23. The first-order valence-corrected chi connectivity index (χ1v) is 6.13. The van der Waals surface area contributed by atoms with Crippen LogP contribution < -0.4 is 5.73 Å². The first-order chi connectivity index (χ1) is 8.54. The normalized spacial score (nSPS) is 13.1. The molecule has 0 fully saturated rings. The number of hydrogen-bond acceptors (Lipinski definition) is 2. The lowest BCUT2D eigenvalue weighted by Gasteiger charge is -2.30. The highest BCUT2D eigenvalue weighted by Gasteiger charge is 2.22. The summed E-state index contributed by atoms with van der Waals surface area (Å²) in [5.74, 6) is -2.97. The fourth-order valence-corrected chi connectivity index (χ4v) is 2.09. The molecule has 2 N–H and O–H groups in total. The van der Waals surface area contributed by atoms with Gasteiger partial charge in [-0.15, -0.1) is 0 Å². The van der Waals surface area contributed by atoms with Crippen LogP contribution in [0.3, 0.4) is 0 Å². The second-order valence-electron chi connectivity index (χ2n) is 4.17. The van der Waals surface area contributed by atoms with E-state index in [1.807, 2.05) is 18.7 Å². The lowest BCUT2D eigenvalue weighted by atomic mass is 10.0. The third-order valence-electron chi connectivity index (χ3n) is 2.98. The predicted octanol–water partition coefficient (Wildman–Crippen LogP) is 2.84. The monoisotopic (exact) mass is 260 g/mol. The molecule has 18 heavy (non-hydrogen) atoms. The average Bonchev–Trinajstić information content (AvgIpc) is 2.35. The molecule has 2 nitrogen and oxygen atoms in total. The summed E-state index contributed by atoms with van der Waals surface area (Å²) < 4.78 is 39.8. The molecule has 1 atom stereocenters. The summed E-state index contributed by atoms with van der Waals surface area (Å²) in [6.07, 6.45) is 0.885. The largest absolute Gasteiger partial charge is 0.329 e. The van der Waals surface area contributed by atoms with Crippen molar-refractivity contribution < 1.29 is 13.2 Å². The Morgan fingerprint density at radius 3 is 2.22 bits per heavy atom. The first kappa shape index (κ1) is 15.0. The SMILES string of the molecule is CCCN(CC)C(CN)c1cc(F)c(F)cc1F. The van der Waals surface area contributed by atoms with Crippen molar-refractivity contribution >= 4 is 0 Å². The van der Waals surface area contributed by atoms with Gasteiger partial charge in [-0.3, -0.25) is 4.90 Å². The van der Waals surface area contributed by atoms with Crippen molar-refractivity contribution in [1.82, 2.24) is 4.90 Å². The molecule has 0 heterocycles. The Bertz CT molecular complexity index is 396. The topological polar surface area (TPSA) is 29.3 Å². The molecular formula is C13H19F3N2. The highest BCUT2D eigenvalue weighted by molar-refractivity contribution is 5.24. The van der Waals surface area contributed by atoms with E-state index >= 15 is 0 Å². The molecule has 0 amide bonds. The molecule has 5 heteroatoms. The van der Waals surface area contributed by atoms with E-state index in [1.165, 1.54) is 0 Å². The van der Waals surface area contributed by atoms with Gasteiger partial charge in [-0.05, 0) is 25.6 Å². The fraction of sp³-hybridized carbons (Fsp3) is 0.538. The van der Waals surface area contributed by atoms with Crippen molar-refractivity contribution in [2.75, 3.05) is 19.6 Å². The number of nitrogens with zero attached hydrogens (tertiary/aromatic N) is 1. The van der Waals surface area contributed by atoms with Gasteiger partial charge in [0, 0.05) is 24.2 Å². The zero-order valence-electron chi connectivity index (χ0n) is 10.7. The lowest BCUT2D eigenvalue weighted by molar-refractivity contribution is 0.208. The molecule has 0 aliphatic carbocycles. The molecule has 0 aliphatic heterocycles. The van der Waals surface area contributed by atoms with Crippen LogP contribution in [0, 0.1) is 17.5 Å². The van der Waals surface area contributed by atoms with Gasteiger partial charge in [0.25, 0.3) is 0 Å². The zero-order chi connectivity index (χ0) is 13.7. The van der Waals surface area contributed by atoms with Crippen molar-refractivity contribution in [3.63, 3.8) is 0 Å². The lowest BCUT2D eigenvalue weighted by Crippen LogP contribution is -2.35. The molecular weight excluding hydrogens is 241 g/mol. The number of nitrogens with two attached hydrogens (primary N) is 1. The molecule has 102 valence electrons. The van der Waals surface area contributed by atoms with E-state index in [-0.39, 0.29) is 12.1 Å². The standard InChI is InChI=1S/C13H19F3N2/c1-3-5-18(4-2)13(8-17)9-6-11(15)12(16)7-10(9)14/h6-7,13H,3-5,8,17H2,1-2H3. The van der Waals surface area contributed by atoms with E-state index in [0.29, 0.717) is 12.6 Å². The number of benzene rings is 1. The molecule has 0 saturated carbocycles. The van der Waals surface area contributed by atoms with Gasteiger partial charge < -0.3 is 5.73 Å². The van der Waals surface area contributed by atoms with E-state index in [1.54, 1.807) is 0 Å². The van der Waals surface area contributed by atoms with Crippen LogP contribution >= 0.6 is 0 Å². The highest BCUT2D eigenvalue weighted by Crippen LogP contribution is 2.24. The van der Waals surface area contributed by atoms with E-state index in [2.05, 4.69) is 0 Å². The summed E-state index contributed by atoms with van der Waals surface area (Å²) in [7, 11) is 0. The molecule has 1 rings (SSSR count). The Morgan fingerprint density at radius 2 is 1.72 bits per heavy atom. The summed E-state index contributed by atoms with van der Waals surface area (Å²) in [5, 5.41) is 0. The number of halogens is 3. The molecule has 0 aliphatic rings. The van der Waals surface area contributed by atoms with Crippen molar-refractivity contribution in [2.45, 2.75) is 26.3 Å². The maximum Gasteiger partial charge on any atom is 0.161 e. The Kier molecular flexibility index (Phi) is 5.62. The van der Waals surface area contributed by atoms with Gasteiger partial charge in [0.15, 0.2) is 11.6 Å². The van der Waals surface area contributed by atoms with Crippen LogP contribution in [0.5, 0.6) is 0 Å². The van der Waals surface area contributed by atoms with Crippen LogP contribution in [0.2, 0.25) is 0 Å². The van der Waals surface area contributed by atoms with E-state index in [9.17, 15) is 13.2 Å². The van der Waals surface area contributed by atoms with Gasteiger partial charge in [0.1, 0.15) is 5.82 Å². The molecule has 0 aromatic heterocycles. The molecule has 0 spiro atoms. The summed E-state index contributed by atoms with van der Waals surface area (Å²) in [5.41, 5.74) is 5.76. The van der Waals surface area contributed by atoms with Crippen LogP contribution in [-0.2, 0) is 0 Å². The molecule has 0 bridgehead atoms. The number of likely N-dealkylation sites (N-methyl/N-ethyl adjacent to an activating group) is 1. The second-order valence-corrected chi connectivity index (χ2v) is 4.17. The quantitative estimate of drug-likeness (QED) is 0.797. The van der Waals surface area contributed by atoms with Gasteiger partial charge in [0.2, 0.25) is 0 Å². The minimum absolute atomic E-state index is 0.117. The van der Waals surface area contributed by atoms with Crippen LogP contribution in [-0.4, -0.2) is 24.5 Å². The highest BCUT2D eigenvalue weighted by atomic mass is 19.2. The van der Waals surface area contributed by atoms with Crippen LogP contribution in [0.15, 0.2) is 12.1 Å². The first-order valence-electron chi connectivity index (χ1n) is 6.13. The van der Waals surface area contributed by atoms with Crippen molar-refractivity contribution in [2.24, 2.45) is 5.73 Å². The van der Waals surface area contributed by atoms with Gasteiger partial charge >= 0.3 is 0 Å². The minimum atomic E-state index is -1.18. The average molecular weight is 260 g/mol. The third-order valence-corrected chi connectivity index (χ3v) is 2.98. The molecule has 0 saturated heterocycles. The molecule has 1 unspecified atom stereocenters. The maximum absolute atomic E-state index is 13.7. The molecule has 1 aromatic carbocycles. The van der Waals surface area contributed by atoms with Crippen LogP contribution in [0.1, 0.15) is 31.9 Å². The van der Waals surface area contributed by atoms with Crippen molar-refractivity contribution in [1.29, 1.82) is 0 Å². The predicted molar refractivity (Wildman–Crippen MR) is 65.6 cm³/mol. The Balaban J connectivity index is 3.11. The van der Waals surface area contributed by atoms with E-state index in [0.717, 1.165) is 19.0 Å². The summed E-state index contributed by atoms with van der Waals surface area (Å²) in [6.45, 7) is 5.49. The smallest absolute Gasteiger partial charge is 0.161 e. The summed E-state index contributed by atoms with van der Waals surface area (Å²) >= 11 is 0. The Labute approximate surface area is 106 Å². The minimum Gasteiger partial charge on any atom is -0.329 e. The second kappa shape index (κ2) is 6.75. The zero-order valence-corrected chi connectivity index (χ0v) is 10.7. The van der Waals surface area contributed by atoms with Crippen molar-refractivity contribution in [3.8, 4) is 0 Å². The Morgan fingerprint density at radius 1 is 1.11 bits per heavy atom. The fourth-order valence-electron chi connectivity index (χ4n) is 2.09. The number of hydrogen-bond donors (Lipinski definition) is 1. The van der Waals surface area contributed by atoms with Gasteiger partial charge in [-0.25, -0.2) is 13.2 Å². The summed E-state index contributed by atoms with van der Waals surface area (Å²) in [4.78, 5) is 1.95. The van der Waals surface area contributed by atoms with Crippen LogP contribution in [0.4, 0.5) is 13.2 Å². The van der Waals surface area contributed by atoms with Gasteiger partial charge in [0.05, 0.1) is 0 Å². The van der Waals surface area contributed by atoms with Crippen LogP contribution in [0.25, 0.3) is 0 Å². The number of rotatable bonds is 6. The van der Waals surface area contributed by atoms with Crippen molar-refractivity contribution in [3.05, 3.63) is 35.1 Å². The summed E-state index contributed by atoms with van der Waals surface area (Å²) in [6, 6.07) is 1.05. The van der Waals surface area contributed by atoms with Gasteiger partial charge in [-0.2, -0.15) is 0 Å². The van der Waals surface area contributed by atoms with Gasteiger partial charge in [-0.1, -0.05) is 13.8 Å². The molecule has 0 radical (unpaired) electrons. The van der Waals surface area contributed by atoms with E-state index < -0.39 is 23.5 Å². The molecule has 1 aromatic rings. The Hall–Kier alpha value is -1.07. The maximum atomic E-state index is 13.7. The van der Waals surface area contributed by atoms with E-state index in [4.69, 9.17) is 5.73 Å².